The van der Waals surface area contributed by atoms with Gasteiger partial charge in [-0.25, -0.2) is 4.99 Å². The topological polar surface area (TPSA) is 49.3 Å². The molecule has 0 aliphatic carbocycles. The molecule has 0 fully saturated rings. The fourth-order valence-corrected chi connectivity index (χ4v) is 3.81. The first kappa shape index (κ1) is 20.2. The minimum atomic E-state index is 0.308. The third-order valence-electron chi connectivity index (χ3n) is 5.45. The van der Waals surface area contributed by atoms with E-state index in [0.29, 0.717) is 17.2 Å². The summed E-state index contributed by atoms with van der Waals surface area (Å²) in [6.45, 7) is 0. The number of benzene rings is 4. The van der Waals surface area contributed by atoms with Crippen molar-refractivity contribution in [2.24, 2.45) is 4.99 Å². The van der Waals surface area contributed by atoms with Crippen molar-refractivity contribution in [3.05, 3.63) is 126 Å². The quantitative estimate of drug-likeness (QED) is 0.269. The van der Waals surface area contributed by atoms with Crippen LogP contribution in [0.1, 0.15) is 11.1 Å². The van der Waals surface area contributed by atoms with Gasteiger partial charge in [0.05, 0.1) is 0 Å². The molecule has 1 heterocycles. The minimum absolute atomic E-state index is 0.308. The molecule has 3 nitrogen and oxygen atoms in total. The molecule has 0 atom stereocenters. The van der Waals surface area contributed by atoms with E-state index >= 15 is 0 Å². The molecule has 5 aromatic rings. The summed E-state index contributed by atoms with van der Waals surface area (Å²) in [6, 6.07) is 40.4. The first-order valence-corrected chi connectivity index (χ1v) is 10.7. The van der Waals surface area contributed by atoms with Crippen LogP contribution in [0.25, 0.3) is 33.6 Å². The molecule has 4 aromatic carbocycles. The fourth-order valence-electron chi connectivity index (χ4n) is 3.81. The lowest BCUT2D eigenvalue weighted by Crippen LogP contribution is -1.84. The number of nitrogens with zero attached hydrogens (tertiary/aromatic N) is 2. The maximum absolute atomic E-state index is 10.0. The normalized spacial score (nSPS) is 10.9. The van der Waals surface area contributed by atoms with E-state index in [1.807, 2.05) is 91.0 Å². The van der Waals surface area contributed by atoms with E-state index in [0.717, 1.165) is 33.4 Å². The molecule has 0 aliphatic rings. The minimum Gasteiger partial charge on any atom is -0.436 e. The zero-order valence-corrected chi connectivity index (χ0v) is 17.8. The highest BCUT2D eigenvalue weighted by Gasteiger charge is 2.22. The highest BCUT2D eigenvalue weighted by Crippen LogP contribution is 2.42. The Morgan fingerprint density at radius 2 is 1.12 bits per heavy atom. The molecule has 0 aliphatic heterocycles. The van der Waals surface area contributed by atoms with Gasteiger partial charge in [-0.15, -0.1) is 0 Å². The Kier molecular flexibility index (Phi) is 5.65. The van der Waals surface area contributed by atoms with Crippen molar-refractivity contribution in [1.29, 1.82) is 5.26 Å². The molecule has 0 spiro atoms. The van der Waals surface area contributed by atoms with Gasteiger partial charge in [0.1, 0.15) is 17.4 Å². The Hall–Kier alpha value is -4.68. The summed E-state index contributed by atoms with van der Waals surface area (Å²) in [5, 5.41) is 10.0. The van der Waals surface area contributed by atoms with Crippen LogP contribution < -0.4 is 0 Å². The summed E-state index contributed by atoms with van der Waals surface area (Å²) >= 11 is 0. The van der Waals surface area contributed by atoms with Gasteiger partial charge in [-0.1, -0.05) is 115 Å². The SMILES string of the molecule is N#Cc1c(N=Cc2ccccc2)oc(-c2ccc(-c3ccccc3)cc2)c1-c1ccccc1. The van der Waals surface area contributed by atoms with Crippen molar-refractivity contribution < 1.29 is 4.42 Å². The molecule has 5 rings (SSSR count). The summed E-state index contributed by atoms with van der Waals surface area (Å²) in [7, 11) is 0. The second kappa shape index (κ2) is 9.21. The van der Waals surface area contributed by atoms with Crippen molar-refractivity contribution in [1.82, 2.24) is 0 Å². The molecule has 0 saturated carbocycles. The molecule has 3 heteroatoms. The Morgan fingerprint density at radius 1 is 0.606 bits per heavy atom. The van der Waals surface area contributed by atoms with Crippen LogP contribution in [0.15, 0.2) is 125 Å². The van der Waals surface area contributed by atoms with Gasteiger partial charge >= 0.3 is 0 Å². The number of hydrogen-bond donors (Lipinski definition) is 0. The Balaban J connectivity index is 1.62. The molecule has 0 bridgehead atoms. The molecule has 0 saturated heterocycles. The lowest BCUT2D eigenvalue weighted by Gasteiger charge is -2.06. The van der Waals surface area contributed by atoms with Gasteiger partial charge in [-0.2, -0.15) is 5.26 Å². The number of rotatable bonds is 5. The number of nitriles is 1. The van der Waals surface area contributed by atoms with E-state index in [9.17, 15) is 5.26 Å². The van der Waals surface area contributed by atoms with E-state index in [4.69, 9.17) is 4.42 Å². The van der Waals surface area contributed by atoms with Crippen LogP contribution in [0.4, 0.5) is 5.88 Å². The van der Waals surface area contributed by atoms with Crippen molar-refractivity contribution in [3.63, 3.8) is 0 Å². The molecule has 1 aromatic heterocycles. The van der Waals surface area contributed by atoms with Crippen LogP contribution in [-0.4, -0.2) is 6.21 Å². The zero-order valence-electron chi connectivity index (χ0n) is 17.8. The van der Waals surface area contributed by atoms with Crippen LogP contribution in [-0.2, 0) is 0 Å². The van der Waals surface area contributed by atoms with Crippen LogP contribution >= 0.6 is 0 Å². The highest BCUT2D eigenvalue weighted by atomic mass is 16.4. The van der Waals surface area contributed by atoms with E-state index in [2.05, 4.69) is 35.3 Å². The summed E-state index contributed by atoms with van der Waals surface area (Å²) in [4.78, 5) is 4.53. The lowest BCUT2D eigenvalue weighted by atomic mass is 9.97. The predicted octanol–water partition coefficient (Wildman–Crippen LogP) is 7.90. The van der Waals surface area contributed by atoms with E-state index in [1.54, 1.807) is 6.21 Å². The smallest absolute Gasteiger partial charge is 0.238 e. The summed E-state index contributed by atoms with van der Waals surface area (Å²) < 4.78 is 6.22. The molecule has 0 amide bonds. The molecule has 0 radical (unpaired) electrons. The first-order valence-electron chi connectivity index (χ1n) is 10.7. The Morgan fingerprint density at radius 3 is 1.73 bits per heavy atom. The number of furan rings is 1. The third kappa shape index (κ3) is 4.23. The van der Waals surface area contributed by atoms with Crippen molar-refractivity contribution in [2.45, 2.75) is 0 Å². The molecule has 0 N–H and O–H groups in total. The van der Waals surface area contributed by atoms with Crippen LogP contribution in [0, 0.1) is 11.3 Å². The standard InChI is InChI=1S/C30H20N2O/c31-20-27-28(25-14-8-3-9-15-25)29(33-30(27)32-21-22-10-4-1-5-11-22)26-18-16-24(17-19-26)23-12-6-2-7-13-23/h1-19,21H. The average Bonchev–Trinajstić information content (AvgIpc) is 3.28. The van der Waals surface area contributed by atoms with Crippen LogP contribution in [0.3, 0.4) is 0 Å². The highest BCUT2D eigenvalue weighted by molar-refractivity contribution is 5.90. The molecule has 156 valence electrons. The number of aliphatic imine (C=N–C) groups is 1. The summed E-state index contributed by atoms with van der Waals surface area (Å²) in [5.74, 6) is 0.944. The van der Waals surface area contributed by atoms with Gasteiger partial charge < -0.3 is 4.42 Å². The number of hydrogen-bond acceptors (Lipinski definition) is 3. The predicted molar refractivity (Wildman–Crippen MR) is 133 cm³/mol. The van der Waals surface area contributed by atoms with Crippen LogP contribution in [0.2, 0.25) is 0 Å². The van der Waals surface area contributed by atoms with E-state index in [1.165, 1.54) is 0 Å². The van der Waals surface area contributed by atoms with Gasteiger partial charge in [0.15, 0.2) is 0 Å². The van der Waals surface area contributed by atoms with Gasteiger partial charge in [-0.05, 0) is 22.3 Å². The van der Waals surface area contributed by atoms with Crippen LogP contribution in [0.5, 0.6) is 0 Å². The largest absolute Gasteiger partial charge is 0.436 e. The van der Waals surface area contributed by atoms with Crippen molar-refractivity contribution in [2.75, 3.05) is 0 Å². The van der Waals surface area contributed by atoms with Gasteiger partial charge in [0, 0.05) is 17.3 Å². The lowest BCUT2D eigenvalue weighted by molar-refractivity contribution is 0.593. The summed E-state index contributed by atoms with van der Waals surface area (Å²) in [5.41, 5.74) is 6.20. The second-order valence-electron chi connectivity index (χ2n) is 7.58. The average molecular weight is 425 g/mol. The fraction of sp³-hybridized carbons (Fsp3) is 0. The first-order chi connectivity index (χ1) is 16.3. The second-order valence-corrected chi connectivity index (χ2v) is 7.58. The van der Waals surface area contributed by atoms with Crippen molar-refractivity contribution >= 4 is 12.1 Å². The molecule has 0 unspecified atom stereocenters. The molecular weight excluding hydrogens is 404 g/mol. The summed E-state index contributed by atoms with van der Waals surface area (Å²) in [6.07, 6.45) is 1.72. The Labute approximate surface area is 192 Å². The van der Waals surface area contributed by atoms with E-state index < -0.39 is 0 Å². The van der Waals surface area contributed by atoms with E-state index in [-0.39, 0.29) is 0 Å². The maximum atomic E-state index is 10.0. The zero-order chi connectivity index (χ0) is 22.5. The Bertz CT molecular complexity index is 1430. The monoisotopic (exact) mass is 424 g/mol. The van der Waals surface area contributed by atoms with Gasteiger partial charge in [0.2, 0.25) is 5.88 Å². The maximum Gasteiger partial charge on any atom is 0.238 e. The van der Waals surface area contributed by atoms with Crippen molar-refractivity contribution in [3.8, 4) is 39.6 Å². The third-order valence-corrected chi connectivity index (χ3v) is 5.45. The van der Waals surface area contributed by atoms with Gasteiger partial charge in [0.25, 0.3) is 0 Å². The molecular formula is C30H20N2O. The molecule has 33 heavy (non-hydrogen) atoms. The van der Waals surface area contributed by atoms with Gasteiger partial charge in [-0.3, -0.25) is 0 Å².